The summed E-state index contributed by atoms with van der Waals surface area (Å²) < 4.78 is 9.62. The van der Waals surface area contributed by atoms with Crippen LogP contribution in [0, 0.1) is 0 Å². The fourth-order valence-electron chi connectivity index (χ4n) is 1.47. The van der Waals surface area contributed by atoms with Gasteiger partial charge in [-0.1, -0.05) is 12.1 Å². The minimum absolute atomic E-state index is 0.290. The van der Waals surface area contributed by atoms with Crippen molar-refractivity contribution in [1.29, 1.82) is 0 Å². The van der Waals surface area contributed by atoms with E-state index in [1.807, 2.05) is 0 Å². The highest BCUT2D eigenvalue weighted by Gasteiger charge is 2.00. The monoisotopic (exact) mass is 292 g/mol. The van der Waals surface area contributed by atoms with Gasteiger partial charge in [0.1, 0.15) is 0 Å². The van der Waals surface area contributed by atoms with Gasteiger partial charge in [-0.3, -0.25) is 0 Å². The summed E-state index contributed by atoms with van der Waals surface area (Å²) in [7, 11) is 1.57. The smallest absolute Gasteiger partial charge is 0.330 e. The van der Waals surface area contributed by atoms with E-state index in [1.165, 1.54) is 6.08 Å². The van der Waals surface area contributed by atoms with Crippen molar-refractivity contribution >= 4 is 23.8 Å². The second-order valence-electron chi connectivity index (χ2n) is 4.08. The van der Waals surface area contributed by atoms with Crippen LogP contribution in [0.3, 0.4) is 0 Å². The summed E-state index contributed by atoms with van der Waals surface area (Å²) in [5.41, 5.74) is 1.51. The molecule has 6 heteroatoms. The molecule has 0 fully saturated rings. The summed E-state index contributed by atoms with van der Waals surface area (Å²) in [6.07, 6.45) is 3.02. The van der Waals surface area contributed by atoms with Crippen LogP contribution in [0.1, 0.15) is 12.5 Å². The van der Waals surface area contributed by atoms with Crippen molar-refractivity contribution in [2.45, 2.75) is 6.92 Å². The zero-order chi connectivity index (χ0) is 15.5. The maximum absolute atomic E-state index is 11.5. The molecule has 0 radical (unpaired) electrons. The standard InChI is InChI=1S/C15H20N2O4/c1-3-21-14(18)9-6-12-4-7-13(8-5-12)17-15(19)16-10-11-20-2/h4-9H,3,10-11H2,1-2H3,(H2,16,17,19)/b9-6+. The summed E-state index contributed by atoms with van der Waals surface area (Å²) in [4.78, 5) is 22.7. The molecule has 0 saturated heterocycles. The predicted molar refractivity (Wildman–Crippen MR) is 81.0 cm³/mol. The van der Waals surface area contributed by atoms with Gasteiger partial charge < -0.3 is 20.1 Å². The van der Waals surface area contributed by atoms with E-state index in [0.717, 1.165) is 5.56 Å². The van der Waals surface area contributed by atoms with Gasteiger partial charge in [0.15, 0.2) is 0 Å². The van der Waals surface area contributed by atoms with Gasteiger partial charge >= 0.3 is 12.0 Å². The lowest BCUT2D eigenvalue weighted by molar-refractivity contribution is -0.137. The Hall–Kier alpha value is -2.34. The quantitative estimate of drug-likeness (QED) is 0.458. The average Bonchev–Trinajstić information content (AvgIpc) is 2.47. The number of methoxy groups -OCH3 is 1. The third kappa shape index (κ3) is 7.12. The second kappa shape index (κ2) is 9.55. The molecule has 21 heavy (non-hydrogen) atoms. The van der Waals surface area contributed by atoms with Crippen molar-refractivity contribution in [1.82, 2.24) is 5.32 Å². The number of hydrogen-bond acceptors (Lipinski definition) is 4. The van der Waals surface area contributed by atoms with Crippen molar-refractivity contribution in [3.05, 3.63) is 35.9 Å². The number of urea groups is 1. The molecule has 0 bridgehead atoms. The van der Waals surface area contributed by atoms with E-state index in [1.54, 1.807) is 44.4 Å². The van der Waals surface area contributed by atoms with Crippen molar-refractivity contribution in [2.24, 2.45) is 0 Å². The first-order valence-electron chi connectivity index (χ1n) is 6.64. The second-order valence-corrected chi connectivity index (χ2v) is 4.08. The van der Waals surface area contributed by atoms with Gasteiger partial charge in [-0.25, -0.2) is 9.59 Å². The van der Waals surface area contributed by atoms with Gasteiger partial charge in [-0.15, -0.1) is 0 Å². The molecule has 0 aromatic heterocycles. The molecule has 0 atom stereocenters. The molecule has 6 nitrogen and oxygen atoms in total. The topological polar surface area (TPSA) is 76.7 Å². The number of anilines is 1. The minimum atomic E-state index is -0.378. The molecule has 2 amide bonds. The summed E-state index contributed by atoms with van der Waals surface area (Å²) >= 11 is 0. The van der Waals surface area contributed by atoms with Gasteiger partial charge in [-0.05, 0) is 30.7 Å². The molecule has 0 heterocycles. The van der Waals surface area contributed by atoms with Crippen molar-refractivity contribution in [3.63, 3.8) is 0 Å². The zero-order valence-electron chi connectivity index (χ0n) is 12.2. The van der Waals surface area contributed by atoms with E-state index in [4.69, 9.17) is 9.47 Å². The van der Waals surface area contributed by atoms with Crippen molar-refractivity contribution in [2.75, 3.05) is 32.2 Å². The van der Waals surface area contributed by atoms with E-state index in [9.17, 15) is 9.59 Å². The molecule has 0 aliphatic heterocycles. The lowest BCUT2D eigenvalue weighted by Crippen LogP contribution is -2.31. The van der Waals surface area contributed by atoms with Gasteiger partial charge in [0, 0.05) is 25.4 Å². The first-order valence-corrected chi connectivity index (χ1v) is 6.64. The first-order chi connectivity index (χ1) is 10.2. The number of amides is 2. The zero-order valence-corrected chi connectivity index (χ0v) is 12.2. The van der Waals surface area contributed by atoms with Gasteiger partial charge in [-0.2, -0.15) is 0 Å². The fraction of sp³-hybridized carbons (Fsp3) is 0.333. The molecule has 1 rings (SSSR count). The average molecular weight is 292 g/mol. The molecule has 0 aliphatic rings. The molecule has 114 valence electrons. The van der Waals surface area contributed by atoms with Crippen LogP contribution in [-0.4, -0.2) is 38.9 Å². The van der Waals surface area contributed by atoms with Crippen LogP contribution in [0.4, 0.5) is 10.5 Å². The number of carbonyl (C=O) groups excluding carboxylic acids is 2. The highest BCUT2D eigenvalue weighted by atomic mass is 16.5. The Kier molecular flexibility index (Phi) is 7.60. The summed E-state index contributed by atoms with van der Waals surface area (Å²) in [5, 5.41) is 5.34. The molecular weight excluding hydrogens is 272 g/mol. The molecule has 1 aromatic rings. The van der Waals surface area contributed by atoms with E-state index in [-0.39, 0.29) is 12.0 Å². The Morgan fingerprint density at radius 3 is 2.57 bits per heavy atom. The Balaban J connectivity index is 2.46. The van der Waals surface area contributed by atoms with Gasteiger partial charge in [0.25, 0.3) is 0 Å². The third-order valence-corrected chi connectivity index (χ3v) is 2.46. The highest BCUT2D eigenvalue weighted by Crippen LogP contribution is 2.10. The first kappa shape index (κ1) is 16.7. The summed E-state index contributed by atoms with van der Waals surface area (Å²) in [5.74, 6) is -0.378. The molecule has 0 spiro atoms. The number of hydrogen-bond donors (Lipinski definition) is 2. The van der Waals surface area contributed by atoms with Crippen molar-refractivity contribution in [3.8, 4) is 0 Å². The molecule has 0 unspecified atom stereocenters. The van der Waals surface area contributed by atoms with E-state index in [2.05, 4.69) is 10.6 Å². The molecule has 2 N–H and O–H groups in total. The third-order valence-electron chi connectivity index (χ3n) is 2.46. The van der Waals surface area contributed by atoms with E-state index < -0.39 is 0 Å². The highest BCUT2D eigenvalue weighted by molar-refractivity contribution is 5.90. The van der Waals surface area contributed by atoms with Crippen LogP contribution >= 0.6 is 0 Å². The molecule has 1 aromatic carbocycles. The van der Waals surface area contributed by atoms with Crippen LogP contribution in [0.25, 0.3) is 6.08 Å². The van der Waals surface area contributed by atoms with Crippen LogP contribution < -0.4 is 10.6 Å². The Bertz CT molecular complexity index is 483. The Morgan fingerprint density at radius 2 is 1.95 bits per heavy atom. The molecule has 0 saturated carbocycles. The van der Waals surface area contributed by atoms with Crippen LogP contribution in [0.5, 0.6) is 0 Å². The fourth-order valence-corrected chi connectivity index (χ4v) is 1.47. The Labute approximate surface area is 124 Å². The number of ether oxygens (including phenoxy) is 2. The summed E-state index contributed by atoms with van der Waals surface area (Å²) in [6, 6.07) is 6.80. The number of carbonyl (C=O) groups is 2. The lowest BCUT2D eigenvalue weighted by atomic mass is 10.2. The van der Waals surface area contributed by atoms with E-state index in [0.29, 0.717) is 25.4 Å². The normalized spacial score (nSPS) is 10.4. The van der Waals surface area contributed by atoms with Crippen LogP contribution in [0.2, 0.25) is 0 Å². The number of esters is 1. The largest absolute Gasteiger partial charge is 0.463 e. The SMILES string of the molecule is CCOC(=O)/C=C/c1ccc(NC(=O)NCCOC)cc1. The predicted octanol–water partition coefficient (Wildman–Crippen LogP) is 2.03. The lowest BCUT2D eigenvalue weighted by Gasteiger charge is -2.07. The van der Waals surface area contributed by atoms with Crippen LogP contribution in [0.15, 0.2) is 30.3 Å². The van der Waals surface area contributed by atoms with Gasteiger partial charge in [0.05, 0.1) is 13.2 Å². The maximum atomic E-state index is 11.5. The maximum Gasteiger partial charge on any atom is 0.330 e. The Morgan fingerprint density at radius 1 is 1.24 bits per heavy atom. The molecule has 0 aliphatic carbocycles. The van der Waals surface area contributed by atoms with Crippen LogP contribution in [-0.2, 0) is 14.3 Å². The van der Waals surface area contributed by atoms with Gasteiger partial charge in [0.2, 0.25) is 0 Å². The number of nitrogens with one attached hydrogen (secondary N) is 2. The number of rotatable bonds is 7. The number of benzene rings is 1. The molecular formula is C15H20N2O4. The summed E-state index contributed by atoms with van der Waals surface area (Å²) in [6.45, 7) is 3.02. The van der Waals surface area contributed by atoms with E-state index >= 15 is 0 Å². The van der Waals surface area contributed by atoms with Crippen molar-refractivity contribution < 1.29 is 19.1 Å². The minimum Gasteiger partial charge on any atom is -0.463 e.